The highest BCUT2D eigenvalue weighted by Gasteiger charge is 2.28. The number of hydrogen-bond donors (Lipinski definition) is 0. The molecule has 58 heavy (non-hydrogen) atoms. The van der Waals surface area contributed by atoms with E-state index in [0.29, 0.717) is 10.8 Å². The van der Waals surface area contributed by atoms with Crippen LogP contribution in [0, 0.1) is 27.6 Å². The third kappa shape index (κ3) is 20.1. The molecule has 0 saturated carbocycles. The molecular formula is C55H75NO2. The van der Waals surface area contributed by atoms with E-state index in [1.165, 1.54) is 121 Å². The molecule has 0 atom stereocenters. The molecule has 3 aliphatic carbocycles. The van der Waals surface area contributed by atoms with Crippen LogP contribution < -0.4 is 0 Å². The molecule has 0 unspecified atom stereocenters. The van der Waals surface area contributed by atoms with Gasteiger partial charge >= 0.3 is 0 Å². The Morgan fingerprint density at radius 1 is 0.483 bits per heavy atom. The van der Waals surface area contributed by atoms with Crippen molar-refractivity contribution in [3.63, 3.8) is 0 Å². The van der Waals surface area contributed by atoms with Crippen LogP contribution in [0.1, 0.15) is 141 Å². The summed E-state index contributed by atoms with van der Waals surface area (Å²) >= 11 is 0. The van der Waals surface area contributed by atoms with Crippen LogP contribution in [-0.2, 0) is 9.59 Å². The van der Waals surface area contributed by atoms with Gasteiger partial charge < -0.3 is 0 Å². The third-order valence-electron chi connectivity index (χ3n) is 11.2. The molecule has 0 bridgehead atoms. The fraction of sp³-hybridized carbons (Fsp3) is 0.436. The van der Waals surface area contributed by atoms with Crippen molar-refractivity contribution < 1.29 is 9.59 Å². The quantitative estimate of drug-likeness (QED) is 0.0809. The lowest BCUT2D eigenvalue weighted by molar-refractivity contribution is -0.104. The number of aldehydes is 2. The summed E-state index contributed by atoms with van der Waals surface area (Å²) in [6.07, 6.45) is 49.7. The minimum atomic E-state index is 0.289. The van der Waals surface area contributed by atoms with E-state index in [-0.39, 0.29) is 5.41 Å². The van der Waals surface area contributed by atoms with Gasteiger partial charge in [0.05, 0.1) is 6.07 Å². The van der Waals surface area contributed by atoms with Crippen LogP contribution in [0.5, 0.6) is 0 Å². The predicted octanol–water partition coefficient (Wildman–Crippen LogP) is 15.7. The number of nitriles is 1. The first kappa shape index (κ1) is 51.2. The Labute approximate surface area is 355 Å². The van der Waals surface area contributed by atoms with E-state index in [4.69, 9.17) is 5.26 Å². The lowest BCUT2D eigenvalue weighted by Gasteiger charge is -2.33. The Balaban J connectivity index is 0.000000436. The van der Waals surface area contributed by atoms with Crippen LogP contribution in [0.2, 0.25) is 0 Å². The number of allylic oxidation sites excluding steroid dienone is 28. The van der Waals surface area contributed by atoms with Gasteiger partial charge in [-0.1, -0.05) is 172 Å². The summed E-state index contributed by atoms with van der Waals surface area (Å²) in [5.41, 5.74) is 13.5. The van der Waals surface area contributed by atoms with Crippen LogP contribution in [-0.4, -0.2) is 12.6 Å². The van der Waals surface area contributed by atoms with Crippen LogP contribution in [0.15, 0.2) is 166 Å². The summed E-state index contributed by atoms with van der Waals surface area (Å²) in [4.78, 5) is 20.3. The Bertz CT molecular complexity index is 1850. The van der Waals surface area contributed by atoms with Gasteiger partial charge in [0.2, 0.25) is 0 Å². The summed E-state index contributed by atoms with van der Waals surface area (Å²) in [6.45, 7) is 27.0. The van der Waals surface area contributed by atoms with Crippen LogP contribution in [0.25, 0.3) is 0 Å². The van der Waals surface area contributed by atoms with Gasteiger partial charge in [0.25, 0.3) is 0 Å². The van der Waals surface area contributed by atoms with Crippen molar-refractivity contribution in [2.24, 2.45) is 16.2 Å². The Morgan fingerprint density at radius 2 is 0.776 bits per heavy atom. The first-order chi connectivity index (χ1) is 27.4. The van der Waals surface area contributed by atoms with E-state index in [1.54, 1.807) is 18.2 Å². The van der Waals surface area contributed by atoms with Crippen molar-refractivity contribution >= 4 is 12.6 Å². The average molecular weight is 782 g/mol. The van der Waals surface area contributed by atoms with Crippen molar-refractivity contribution in [2.75, 3.05) is 0 Å². The average Bonchev–Trinajstić information content (AvgIpc) is 3.14. The Morgan fingerprint density at radius 3 is 1.09 bits per heavy atom. The SMILES string of the molecule is CC1=C(/C=C/C(C)=C/C=C/C=C/C#N)C(C)(C)CCC1.CC1=C(/C=C/C(C)=C/C=C/C=C/C=O)C(C)(C)CCC1.CC1=C(/C=C/C(C)=C/C=C/C=O)C(C)(C)CCC1. The van der Waals surface area contributed by atoms with Gasteiger partial charge in [-0.25, -0.2) is 0 Å². The number of hydrogen-bond acceptors (Lipinski definition) is 3. The Hall–Kier alpha value is -4.81. The zero-order valence-corrected chi connectivity index (χ0v) is 38.3. The molecule has 0 aromatic heterocycles. The highest BCUT2D eigenvalue weighted by Crippen LogP contribution is 2.42. The van der Waals surface area contributed by atoms with Gasteiger partial charge in [0, 0.05) is 6.08 Å². The summed E-state index contributed by atoms with van der Waals surface area (Å²) in [6, 6.07) is 1.97. The predicted molar refractivity (Wildman–Crippen MR) is 253 cm³/mol. The standard InChI is InChI=1S/C19H25N.C19H26O.C17H24O/c2*1-16(10-7-5-6-8-15-20)12-13-18-17(2)11-9-14-19(18,3)4;1-14(8-5-6-13-18)10-11-16-15(2)9-7-12-17(16,3)4/h5-8,10,12-13H,9,11,14H2,1-4H3;5-8,10,12-13,15H,9,11,14H2,1-4H3;5-6,8,10-11,13H,7,9,12H2,1-4H3/b2*7-5+,8-6+,13-12+,16-10+;6-5+,11-10+,14-8+. The van der Waals surface area contributed by atoms with E-state index in [0.717, 1.165) is 18.1 Å². The van der Waals surface area contributed by atoms with E-state index < -0.39 is 0 Å². The van der Waals surface area contributed by atoms with Crippen LogP contribution in [0.3, 0.4) is 0 Å². The van der Waals surface area contributed by atoms with Crippen molar-refractivity contribution in [2.45, 2.75) is 141 Å². The fourth-order valence-corrected chi connectivity index (χ4v) is 7.85. The number of nitrogens with zero attached hydrogens (tertiary/aromatic N) is 1. The maximum Gasteiger partial charge on any atom is 0.142 e. The molecule has 0 N–H and O–H groups in total. The smallest absolute Gasteiger partial charge is 0.142 e. The molecule has 3 aliphatic rings. The molecule has 0 aromatic carbocycles. The minimum Gasteiger partial charge on any atom is -0.299 e. The molecule has 312 valence electrons. The lowest BCUT2D eigenvalue weighted by Crippen LogP contribution is -2.19. The molecular weight excluding hydrogens is 707 g/mol. The highest BCUT2D eigenvalue weighted by atomic mass is 16.1. The molecule has 0 aliphatic heterocycles. The molecule has 0 aromatic rings. The van der Waals surface area contributed by atoms with Gasteiger partial charge in [0.15, 0.2) is 0 Å². The molecule has 0 saturated heterocycles. The monoisotopic (exact) mass is 782 g/mol. The van der Waals surface area contributed by atoms with Gasteiger partial charge in [-0.2, -0.15) is 5.26 Å². The second-order valence-electron chi connectivity index (χ2n) is 17.8. The number of rotatable bonds is 13. The summed E-state index contributed by atoms with van der Waals surface area (Å²) in [7, 11) is 0. The largest absolute Gasteiger partial charge is 0.299 e. The fourth-order valence-electron chi connectivity index (χ4n) is 7.85. The molecule has 0 fully saturated rings. The maximum absolute atomic E-state index is 10.2. The van der Waals surface area contributed by atoms with Gasteiger partial charge in [0.1, 0.15) is 12.6 Å². The molecule has 0 amide bonds. The van der Waals surface area contributed by atoms with Gasteiger partial charge in [-0.3, -0.25) is 9.59 Å². The summed E-state index contributed by atoms with van der Waals surface area (Å²) < 4.78 is 0. The van der Waals surface area contributed by atoms with E-state index in [1.807, 2.05) is 36.4 Å². The van der Waals surface area contributed by atoms with Crippen molar-refractivity contribution in [3.05, 3.63) is 166 Å². The molecule has 3 nitrogen and oxygen atoms in total. The minimum absolute atomic E-state index is 0.289. The van der Waals surface area contributed by atoms with E-state index >= 15 is 0 Å². The second kappa shape index (κ2) is 27.0. The summed E-state index contributed by atoms with van der Waals surface area (Å²) in [5.74, 6) is 0. The first-order valence-corrected chi connectivity index (χ1v) is 21.2. The van der Waals surface area contributed by atoms with Crippen molar-refractivity contribution in [3.8, 4) is 6.07 Å². The van der Waals surface area contributed by atoms with Crippen molar-refractivity contribution in [1.29, 1.82) is 5.26 Å². The highest BCUT2D eigenvalue weighted by molar-refractivity contribution is 5.65. The normalized spacial score (nSPS) is 20.6. The van der Waals surface area contributed by atoms with Crippen molar-refractivity contribution in [1.82, 2.24) is 0 Å². The van der Waals surface area contributed by atoms with E-state index in [2.05, 4.69) is 132 Å². The molecule has 0 heterocycles. The van der Waals surface area contributed by atoms with Gasteiger partial charge in [-0.15, -0.1) is 0 Å². The molecule has 3 heteroatoms. The second-order valence-corrected chi connectivity index (χ2v) is 17.8. The topological polar surface area (TPSA) is 57.9 Å². The lowest BCUT2D eigenvalue weighted by atomic mass is 9.72. The van der Waals surface area contributed by atoms with Gasteiger partial charge in [-0.05, 0) is 144 Å². The third-order valence-corrected chi connectivity index (χ3v) is 11.2. The molecule has 0 radical (unpaired) electrons. The Kier molecular flexibility index (Phi) is 23.8. The van der Waals surface area contributed by atoms with Crippen LogP contribution >= 0.6 is 0 Å². The van der Waals surface area contributed by atoms with E-state index in [9.17, 15) is 9.59 Å². The van der Waals surface area contributed by atoms with Crippen LogP contribution in [0.4, 0.5) is 0 Å². The molecule has 0 spiro atoms. The first-order valence-electron chi connectivity index (χ1n) is 21.2. The number of carbonyl (C=O) groups is 2. The maximum atomic E-state index is 10.2. The summed E-state index contributed by atoms with van der Waals surface area (Å²) in [5, 5.41) is 8.37. The zero-order valence-electron chi connectivity index (χ0n) is 38.3. The zero-order chi connectivity index (χ0) is 43.6. The molecule has 3 rings (SSSR count). The number of carbonyl (C=O) groups excluding carboxylic acids is 2.